The number of pyridine rings is 1. The van der Waals surface area contributed by atoms with Crippen molar-refractivity contribution >= 4 is 22.8 Å². The number of anilines is 1. The molecule has 0 saturated carbocycles. The van der Waals surface area contributed by atoms with Gasteiger partial charge in [-0.2, -0.15) is 15.1 Å². The number of fused-ring (bicyclic) bond motifs is 1. The summed E-state index contributed by atoms with van der Waals surface area (Å²) in [6.45, 7) is 4.08. The topological polar surface area (TPSA) is 148 Å². The minimum Gasteiger partial charge on any atom is -0.496 e. The summed E-state index contributed by atoms with van der Waals surface area (Å²) in [6, 6.07) is 3.28. The third-order valence-electron chi connectivity index (χ3n) is 6.89. The van der Waals surface area contributed by atoms with E-state index in [0.29, 0.717) is 18.1 Å². The maximum atomic E-state index is 12.8. The Kier molecular flexibility index (Phi) is 7.65. The van der Waals surface area contributed by atoms with Crippen molar-refractivity contribution in [2.24, 2.45) is 0 Å². The van der Waals surface area contributed by atoms with Gasteiger partial charge in [0, 0.05) is 43.9 Å². The molecule has 3 aromatic rings. The molecule has 198 valence electrons. The lowest BCUT2D eigenvalue weighted by molar-refractivity contribution is 0.0643. The Hall–Kier alpha value is -3.51. The predicted molar refractivity (Wildman–Crippen MR) is 135 cm³/mol. The number of carbonyl (C=O) groups excluding carboxylic acids is 1. The Labute approximate surface area is 214 Å². The zero-order chi connectivity index (χ0) is 25.8. The van der Waals surface area contributed by atoms with Crippen LogP contribution in [0.5, 0.6) is 11.8 Å². The molecule has 37 heavy (non-hydrogen) atoms. The zero-order valence-electron chi connectivity index (χ0n) is 21.1. The van der Waals surface area contributed by atoms with Crippen LogP contribution in [-0.4, -0.2) is 88.3 Å². The largest absolute Gasteiger partial charge is 0.496 e. The fraction of sp³-hybridized carbons (Fsp3) is 0.560. The first-order valence-electron chi connectivity index (χ1n) is 12.7. The van der Waals surface area contributed by atoms with Gasteiger partial charge in [-0.25, -0.2) is 4.98 Å². The molecule has 12 heteroatoms. The molecule has 2 aliphatic rings. The molecular weight excluding hydrogens is 478 g/mol. The summed E-state index contributed by atoms with van der Waals surface area (Å²) in [4.78, 5) is 28.3. The van der Waals surface area contributed by atoms with Crippen LogP contribution in [0.4, 0.5) is 5.82 Å². The van der Waals surface area contributed by atoms with Crippen molar-refractivity contribution in [3.63, 3.8) is 0 Å². The number of ether oxygens (including phenoxy) is 3. The first-order chi connectivity index (χ1) is 18.1. The number of piperidine rings is 1. The smallest absolute Gasteiger partial charge is 0.319 e. The van der Waals surface area contributed by atoms with Crippen molar-refractivity contribution < 1.29 is 24.1 Å². The molecule has 0 bridgehead atoms. The van der Waals surface area contributed by atoms with Gasteiger partial charge in [-0.05, 0) is 38.7 Å². The molecule has 0 unspecified atom stereocenters. The van der Waals surface area contributed by atoms with Crippen LogP contribution in [0.3, 0.4) is 0 Å². The van der Waals surface area contributed by atoms with E-state index in [4.69, 9.17) is 14.2 Å². The third kappa shape index (κ3) is 5.59. The Balaban J connectivity index is 1.33. The van der Waals surface area contributed by atoms with Gasteiger partial charge < -0.3 is 29.5 Å². The second-order valence-electron chi connectivity index (χ2n) is 9.51. The monoisotopic (exact) mass is 511 g/mol. The summed E-state index contributed by atoms with van der Waals surface area (Å²) in [7, 11) is 1.65. The van der Waals surface area contributed by atoms with Gasteiger partial charge in [0.05, 0.1) is 30.9 Å². The molecule has 0 aromatic carbocycles. The van der Waals surface area contributed by atoms with Gasteiger partial charge in [0.1, 0.15) is 23.9 Å². The fourth-order valence-corrected chi connectivity index (χ4v) is 4.85. The minimum absolute atomic E-state index is 0.00500. The van der Waals surface area contributed by atoms with Crippen molar-refractivity contribution in [1.82, 2.24) is 30.5 Å². The van der Waals surface area contributed by atoms with E-state index >= 15 is 0 Å². The van der Waals surface area contributed by atoms with E-state index in [1.807, 2.05) is 6.07 Å². The lowest BCUT2D eigenvalue weighted by Gasteiger charge is -2.32. The number of H-pyrrole nitrogens is 1. The second kappa shape index (κ2) is 11.3. The number of nitrogens with zero attached hydrogens (tertiary/aromatic N) is 5. The van der Waals surface area contributed by atoms with Crippen molar-refractivity contribution in [2.75, 3.05) is 44.9 Å². The molecule has 0 aliphatic carbocycles. The van der Waals surface area contributed by atoms with Gasteiger partial charge in [-0.15, -0.1) is 0 Å². The van der Waals surface area contributed by atoms with Crippen LogP contribution in [0.25, 0.3) is 11.0 Å². The Morgan fingerprint density at radius 1 is 1.32 bits per heavy atom. The number of methoxy groups -OCH3 is 1. The van der Waals surface area contributed by atoms with Gasteiger partial charge in [-0.1, -0.05) is 0 Å². The summed E-state index contributed by atoms with van der Waals surface area (Å²) in [5.41, 5.74) is 1.87. The van der Waals surface area contributed by atoms with Gasteiger partial charge in [-0.3, -0.25) is 9.89 Å². The number of nitrogens with one attached hydrogen (secondary N) is 2. The van der Waals surface area contributed by atoms with Gasteiger partial charge >= 0.3 is 6.01 Å². The fourth-order valence-electron chi connectivity index (χ4n) is 4.85. The number of aromatic nitrogens is 5. The number of aromatic amines is 1. The Bertz CT molecular complexity index is 1220. The molecule has 12 nitrogen and oxygen atoms in total. The summed E-state index contributed by atoms with van der Waals surface area (Å²) in [5.74, 6) is 1.26. The zero-order valence-corrected chi connectivity index (χ0v) is 21.1. The van der Waals surface area contributed by atoms with Crippen LogP contribution in [0.2, 0.25) is 0 Å². The van der Waals surface area contributed by atoms with E-state index in [2.05, 4.69) is 35.4 Å². The molecule has 2 saturated heterocycles. The first-order valence-corrected chi connectivity index (χ1v) is 12.7. The standard InChI is InChI=1S/C25H33N7O5/c1-15(13-33)27-24(34)18-12-20(29-25(28-18)37-14-17-4-3-11-36-17)32-9-6-16(7-10-32)22-21-19(35-2)5-8-26-23(21)31-30-22/h5,8,12,15-17,33H,3-4,6-7,9-11,13-14H2,1-2H3,(H,27,34)(H,26,30,31)/t15-,17-/m1/s1. The van der Waals surface area contributed by atoms with E-state index in [1.165, 1.54) is 0 Å². The number of amides is 1. The van der Waals surface area contributed by atoms with E-state index < -0.39 is 6.04 Å². The molecule has 5 heterocycles. The summed E-state index contributed by atoms with van der Waals surface area (Å²) in [5, 5.41) is 20.5. The first kappa shape index (κ1) is 25.2. The molecule has 3 N–H and O–H groups in total. The third-order valence-corrected chi connectivity index (χ3v) is 6.89. The number of hydrogen-bond donors (Lipinski definition) is 3. The predicted octanol–water partition coefficient (Wildman–Crippen LogP) is 1.81. The highest BCUT2D eigenvalue weighted by molar-refractivity contribution is 5.93. The minimum atomic E-state index is -0.395. The van der Waals surface area contributed by atoms with Crippen LogP contribution >= 0.6 is 0 Å². The highest BCUT2D eigenvalue weighted by Gasteiger charge is 2.27. The maximum absolute atomic E-state index is 12.8. The molecule has 2 fully saturated rings. The van der Waals surface area contributed by atoms with Crippen LogP contribution < -0.4 is 19.7 Å². The van der Waals surface area contributed by atoms with Gasteiger partial charge in [0.25, 0.3) is 5.91 Å². The average Bonchev–Trinajstić information content (AvgIpc) is 3.62. The normalized spacial score (nSPS) is 19.2. The van der Waals surface area contributed by atoms with Crippen molar-refractivity contribution in [2.45, 2.75) is 50.7 Å². The number of hydrogen-bond acceptors (Lipinski definition) is 10. The van der Waals surface area contributed by atoms with Crippen LogP contribution in [0, 0.1) is 0 Å². The molecule has 5 rings (SSSR count). The number of aliphatic hydroxyl groups excluding tert-OH is 1. The van der Waals surface area contributed by atoms with Crippen LogP contribution in [0.1, 0.15) is 54.7 Å². The summed E-state index contributed by atoms with van der Waals surface area (Å²) >= 11 is 0. The van der Waals surface area contributed by atoms with Crippen LogP contribution in [0.15, 0.2) is 18.3 Å². The van der Waals surface area contributed by atoms with Gasteiger partial charge in [0.2, 0.25) is 0 Å². The van der Waals surface area contributed by atoms with Crippen molar-refractivity contribution in [1.29, 1.82) is 0 Å². The SMILES string of the molecule is COc1ccnc2n[nH]c(C3CCN(c4cc(C(=O)N[C@H](C)CO)nc(OC[C@H]5CCCO5)n4)CC3)c12. The molecular formula is C25H33N7O5. The van der Waals surface area contributed by atoms with Gasteiger partial charge in [0.15, 0.2) is 5.65 Å². The molecule has 2 aliphatic heterocycles. The van der Waals surface area contributed by atoms with E-state index in [-0.39, 0.29) is 36.2 Å². The Morgan fingerprint density at radius 2 is 2.16 bits per heavy atom. The highest BCUT2D eigenvalue weighted by atomic mass is 16.5. The number of aliphatic hydroxyl groups is 1. The van der Waals surface area contributed by atoms with E-state index in [1.54, 1.807) is 26.3 Å². The lowest BCUT2D eigenvalue weighted by Crippen LogP contribution is -2.37. The lowest BCUT2D eigenvalue weighted by atomic mass is 9.92. The molecule has 1 amide bonds. The second-order valence-corrected chi connectivity index (χ2v) is 9.51. The maximum Gasteiger partial charge on any atom is 0.319 e. The van der Waals surface area contributed by atoms with Crippen LogP contribution in [-0.2, 0) is 4.74 Å². The number of rotatable bonds is 9. The van der Waals surface area contributed by atoms with Crippen molar-refractivity contribution in [3.8, 4) is 11.8 Å². The molecule has 2 atom stereocenters. The quantitative estimate of drug-likeness (QED) is 0.388. The molecule has 0 radical (unpaired) electrons. The summed E-state index contributed by atoms with van der Waals surface area (Å²) in [6.07, 6.45) is 5.34. The Morgan fingerprint density at radius 3 is 2.89 bits per heavy atom. The highest BCUT2D eigenvalue weighted by Crippen LogP contribution is 2.36. The van der Waals surface area contributed by atoms with E-state index in [0.717, 1.165) is 62.2 Å². The summed E-state index contributed by atoms with van der Waals surface area (Å²) < 4.78 is 17.0. The number of carbonyl (C=O) groups is 1. The van der Waals surface area contributed by atoms with Crippen molar-refractivity contribution in [3.05, 3.63) is 29.7 Å². The average molecular weight is 512 g/mol. The molecule has 0 spiro atoms. The molecule has 3 aromatic heterocycles. The van der Waals surface area contributed by atoms with E-state index in [9.17, 15) is 9.90 Å².